The standard InChI is InChI=1S/C13H17BrClNO3/c1-18-12-9-10(15)3-4-11(12)13(17)16-6-2-7-19-8-5-14/h3-4,9H,2,5-8H2,1H3,(H,16,17). The lowest BCUT2D eigenvalue weighted by molar-refractivity contribution is 0.0941. The van der Waals surface area contributed by atoms with Gasteiger partial charge >= 0.3 is 0 Å². The van der Waals surface area contributed by atoms with E-state index in [1.807, 2.05) is 0 Å². The monoisotopic (exact) mass is 349 g/mol. The van der Waals surface area contributed by atoms with E-state index < -0.39 is 0 Å². The number of hydrogen-bond acceptors (Lipinski definition) is 3. The highest BCUT2D eigenvalue weighted by molar-refractivity contribution is 9.09. The van der Waals surface area contributed by atoms with Crippen molar-refractivity contribution in [1.29, 1.82) is 0 Å². The number of ether oxygens (including phenoxy) is 2. The number of nitrogens with one attached hydrogen (secondary N) is 1. The highest BCUT2D eigenvalue weighted by atomic mass is 79.9. The van der Waals surface area contributed by atoms with Gasteiger partial charge in [-0.3, -0.25) is 4.79 Å². The zero-order valence-electron chi connectivity index (χ0n) is 10.7. The molecule has 1 aromatic rings. The van der Waals surface area contributed by atoms with E-state index in [4.69, 9.17) is 21.1 Å². The fourth-order valence-corrected chi connectivity index (χ4v) is 1.87. The summed E-state index contributed by atoms with van der Waals surface area (Å²) in [4.78, 5) is 11.9. The Hall–Kier alpha value is -0.780. The van der Waals surface area contributed by atoms with Gasteiger partial charge in [0.2, 0.25) is 0 Å². The molecule has 1 N–H and O–H groups in total. The number of hydrogen-bond donors (Lipinski definition) is 1. The van der Waals surface area contributed by atoms with Crippen molar-refractivity contribution in [2.75, 3.05) is 32.2 Å². The van der Waals surface area contributed by atoms with Crippen molar-refractivity contribution >= 4 is 33.4 Å². The van der Waals surface area contributed by atoms with Crippen LogP contribution in [0.3, 0.4) is 0 Å². The smallest absolute Gasteiger partial charge is 0.255 e. The van der Waals surface area contributed by atoms with E-state index in [-0.39, 0.29) is 5.91 Å². The summed E-state index contributed by atoms with van der Waals surface area (Å²) < 4.78 is 10.4. The SMILES string of the molecule is COc1cc(Cl)ccc1C(=O)NCCCOCCBr. The molecule has 6 heteroatoms. The average molecular weight is 351 g/mol. The van der Waals surface area contributed by atoms with Crippen LogP contribution >= 0.6 is 27.5 Å². The van der Waals surface area contributed by atoms with Gasteiger partial charge in [-0.25, -0.2) is 0 Å². The molecule has 1 rings (SSSR count). The Labute approximate surface area is 126 Å². The van der Waals surface area contributed by atoms with Crippen molar-refractivity contribution in [2.24, 2.45) is 0 Å². The lowest BCUT2D eigenvalue weighted by Crippen LogP contribution is -2.25. The molecule has 0 saturated heterocycles. The molecule has 0 heterocycles. The molecular weight excluding hydrogens is 334 g/mol. The van der Waals surface area contributed by atoms with E-state index >= 15 is 0 Å². The van der Waals surface area contributed by atoms with E-state index in [2.05, 4.69) is 21.2 Å². The van der Waals surface area contributed by atoms with Crippen molar-refractivity contribution in [3.05, 3.63) is 28.8 Å². The van der Waals surface area contributed by atoms with Crippen LogP contribution < -0.4 is 10.1 Å². The number of carbonyl (C=O) groups is 1. The van der Waals surface area contributed by atoms with Gasteiger partial charge in [0, 0.05) is 23.5 Å². The quantitative estimate of drug-likeness (QED) is 0.579. The van der Waals surface area contributed by atoms with E-state index in [0.29, 0.717) is 36.1 Å². The summed E-state index contributed by atoms with van der Waals surface area (Å²) in [7, 11) is 1.51. The first-order valence-electron chi connectivity index (χ1n) is 5.94. The molecule has 106 valence electrons. The summed E-state index contributed by atoms with van der Waals surface area (Å²) in [5, 5.41) is 4.18. The van der Waals surface area contributed by atoms with Crippen LogP contribution in [0.15, 0.2) is 18.2 Å². The zero-order chi connectivity index (χ0) is 14.1. The van der Waals surface area contributed by atoms with Gasteiger partial charge in [0.25, 0.3) is 5.91 Å². The highest BCUT2D eigenvalue weighted by Crippen LogP contribution is 2.22. The maximum atomic E-state index is 11.9. The summed E-state index contributed by atoms with van der Waals surface area (Å²) in [5.41, 5.74) is 0.480. The lowest BCUT2D eigenvalue weighted by Gasteiger charge is -2.09. The molecule has 0 aromatic heterocycles. The van der Waals surface area contributed by atoms with Crippen LogP contribution in [0.2, 0.25) is 5.02 Å². The van der Waals surface area contributed by atoms with Gasteiger partial charge in [-0.05, 0) is 24.6 Å². The summed E-state index contributed by atoms with van der Waals surface area (Å²) in [6, 6.07) is 4.94. The fraction of sp³-hybridized carbons (Fsp3) is 0.462. The first-order chi connectivity index (χ1) is 9.19. The third-order valence-corrected chi connectivity index (χ3v) is 2.94. The Morgan fingerprint density at radius 3 is 2.89 bits per heavy atom. The molecule has 0 bridgehead atoms. The van der Waals surface area contributed by atoms with Crippen molar-refractivity contribution in [2.45, 2.75) is 6.42 Å². The van der Waals surface area contributed by atoms with Crippen molar-refractivity contribution < 1.29 is 14.3 Å². The molecular formula is C13H17BrClNO3. The van der Waals surface area contributed by atoms with E-state index in [9.17, 15) is 4.79 Å². The molecule has 4 nitrogen and oxygen atoms in total. The van der Waals surface area contributed by atoms with Gasteiger partial charge in [0.05, 0.1) is 19.3 Å². The van der Waals surface area contributed by atoms with Crippen LogP contribution in [0.5, 0.6) is 5.75 Å². The molecule has 0 spiro atoms. The third kappa shape index (κ3) is 5.80. The Kier molecular flexibility index (Phi) is 7.86. The second kappa shape index (κ2) is 9.18. The molecule has 0 aliphatic carbocycles. The molecule has 0 saturated carbocycles. The minimum absolute atomic E-state index is 0.172. The molecule has 0 atom stereocenters. The van der Waals surface area contributed by atoms with E-state index in [1.54, 1.807) is 18.2 Å². The third-order valence-electron chi connectivity index (χ3n) is 2.38. The minimum atomic E-state index is -0.172. The average Bonchev–Trinajstić information content (AvgIpc) is 2.42. The number of alkyl halides is 1. The number of halogens is 2. The molecule has 19 heavy (non-hydrogen) atoms. The number of amides is 1. The summed E-state index contributed by atoms with van der Waals surface area (Å²) in [5.74, 6) is 0.301. The lowest BCUT2D eigenvalue weighted by atomic mass is 10.2. The normalized spacial score (nSPS) is 10.3. The number of methoxy groups -OCH3 is 1. The predicted octanol–water partition coefficient (Wildman–Crippen LogP) is 2.88. The largest absolute Gasteiger partial charge is 0.496 e. The summed E-state index contributed by atoms with van der Waals surface area (Å²) in [6.45, 7) is 1.87. The van der Waals surface area contributed by atoms with Crippen molar-refractivity contribution in [1.82, 2.24) is 5.32 Å². The second-order valence-electron chi connectivity index (χ2n) is 3.76. The van der Waals surface area contributed by atoms with Crippen LogP contribution in [0, 0.1) is 0 Å². The first-order valence-corrected chi connectivity index (χ1v) is 7.44. The van der Waals surface area contributed by atoms with Crippen LogP contribution in [0.1, 0.15) is 16.8 Å². The van der Waals surface area contributed by atoms with Crippen LogP contribution in [-0.2, 0) is 4.74 Å². The van der Waals surface area contributed by atoms with Gasteiger partial charge in [0.15, 0.2) is 0 Å². The number of benzene rings is 1. The Balaban J connectivity index is 2.41. The first kappa shape index (κ1) is 16.3. The van der Waals surface area contributed by atoms with Crippen molar-refractivity contribution in [3.8, 4) is 5.75 Å². The maximum absolute atomic E-state index is 11.9. The molecule has 0 radical (unpaired) electrons. The molecule has 0 fully saturated rings. The topological polar surface area (TPSA) is 47.6 Å². The predicted molar refractivity (Wildman–Crippen MR) is 79.6 cm³/mol. The van der Waals surface area contributed by atoms with Crippen LogP contribution in [0.4, 0.5) is 0 Å². The van der Waals surface area contributed by atoms with Gasteiger partial charge in [-0.15, -0.1) is 0 Å². The molecule has 1 aromatic carbocycles. The zero-order valence-corrected chi connectivity index (χ0v) is 13.1. The van der Waals surface area contributed by atoms with Crippen LogP contribution in [-0.4, -0.2) is 38.1 Å². The summed E-state index contributed by atoms with van der Waals surface area (Å²) in [6.07, 6.45) is 0.772. The molecule has 1 amide bonds. The summed E-state index contributed by atoms with van der Waals surface area (Å²) >= 11 is 9.12. The maximum Gasteiger partial charge on any atom is 0.255 e. The van der Waals surface area contributed by atoms with Crippen molar-refractivity contribution in [3.63, 3.8) is 0 Å². The Morgan fingerprint density at radius 2 is 2.21 bits per heavy atom. The number of carbonyl (C=O) groups excluding carboxylic acids is 1. The van der Waals surface area contributed by atoms with E-state index in [1.165, 1.54) is 7.11 Å². The van der Waals surface area contributed by atoms with Gasteiger partial charge in [-0.2, -0.15) is 0 Å². The van der Waals surface area contributed by atoms with E-state index in [0.717, 1.165) is 11.8 Å². The number of rotatable bonds is 8. The Morgan fingerprint density at radius 1 is 1.42 bits per heavy atom. The molecule has 0 unspecified atom stereocenters. The second-order valence-corrected chi connectivity index (χ2v) is 4.98. The molecule has 0 aliphatic heterocycles. The van der Waals surface area contributed by atoms with Gasteiger partial charge in [-0.1, -0.05) is 27.5 Å². The molecule has 0 aliphatic rings. The fourth-order valence-electron chi connectivity index (χ4n) is 1.48. The van der Waals surface area contributed by atoms with Gasteiger partial charge < -0.3 is 14.8 Å². The minimum Gasteiger partial charge on any atom is -0.496 e. The highest BCUT2D eigenvalue weighted by Gasteiger charge is 2.11. The Bertz CT molecular complexity index is 415. The van der Waals surface area contributed by atoms with Crippen LogP contribution in [0.25, 0.3) is 0 Å². The van der Waals surface area contributed by atoms with Gasteiger partial charge in [0.1, 0.15) is 5.75 Å².